The molecule has 0 aromatic heterocycles. The summed E-state index contributed by atoms with van der Waals surface area (Å²) in [7, 11) is 1.13. The van der Waals surface area contributed by atoms with Crippen LogP contribution in [-0.4, -0.2) is 49.8 Å². The Morgan fingerprint density at radius 1 is 1.26 bits per heavy atom. The predicted octanol–water partition coefficient (Wildman–Crippen LogP) is 3.44. The molecule has 0 unspecified atom stereocenters. The van der Waals surface area contributed by atoms with Gasteiger partial charge in [0.05, 0.1) is 13.0 Å². The Bertz CT molecular complexity index is 345. The molecule has 2 amide bonds. The van der Waals surface area contributed by atoms with Gasteiger partial charge in [0.2, 0.25) is 5.91 Å². The van der Waals surface area contributed by atoms with Crippen molar-refractivity contribution >= 4 is 12.0 Å². The summed E-state index contributed by atoms with van der Waals surface area (Å²) >= 11 is 0. The number of halogens is 3. The van der Waals surface area contributed by atoms with Crippen molar-refractivity contribution in [1.29, 1.82) is 0 Å². The van der Waals surface area contributed by atoms with Crippen LogP contribution in [0.15, 0.2) is 0 Å². The van der Waals surface area contributed by atoms with E-state index in [4.69, 9.17) is 0 Å². The van der Waals surface area contributed by atoms with E-state index in [0.717, 1.165) is 17.9 Å². The molecule has 1 aliphatic rings. The maximum Gasteiger partial charge on any atom is 0.407 e. The quantitative estimate of drug-likeness (QED) is 0.836. The first-order chi connectivity index (χ1) is 10.6. The molecule has 1 aliphatic heterocycles. The number of hydrogen-bond acceptors (Lipinski definition) is 3. The van der Waals surface area contributed by atoms with E-state index < -0.39 is 24.1 Å². The van der Waals surface area contributed by atoms with Crippen molar-refractivity contribution in [3.8, 4) is 0 Å². The zero-order chi connectivity index (χ0) is 18.6. The van der Waals surface area contributed by atoms with Gasteiger partial charge in [-0.05, 0) is 12.3 Å². The van der Waals surface area contributed by atoms with E-state index in [9.17, 15) is 22.8 Å². The average molecular weight is 342 g/mol. The van der Waals surface area contributed by atoms with E-state index in [1.54, 1.807) is 0 Å². The van der Waals surface area contributed by atoms with Crippen LogP contribution in [0.2, 0.25) is 0 Å². The minimum atomic E-state index is -4.27. The Labute approximate surface area is 136 Å². The van der Waals surface area contributed by atoms with Gasteiger partial charge in [-0.25, -0.2) is 4.79 Å². The fourth-order valence-electron chi connectivity index (χ4n) is 1.59. The number of methoxy groups -OCH3 is 1. The van der Waals surface area contributed by atoms with E-state index in [0.29, 0.717) is 0 Å². The van der Waals surface area contributed by atoms with Crippen LogP contribution in [0.1, 0.15) is 41.0 Å². The molecule has 0 aromatic carbocycles. The molecule has 1 saturated heterocycles. The highest BCUT2D eigenvalue weighted by molar-refractivity contribution is 5.82. The number of nitrogens with one attached hydrogen (secondary N) is 1. The highest BCUT2D eigenvalue weighted by Gasteiger charge is 2.44. The summed E-state index contributed by atoms with van der Waals surface area (Å²) in [4.78, 5) is 23.2. The van der Waals surface area contributed by atoms with Crippen LogP contribution in [0.4, 0.5) is 18.0 Å². The number of nitrogens with zero attached hydrogens (tertiary/aromatic N) is 1. The standard InChI is InChI=1S/C9H13F3N2O3.C4H10.C2H6/c1-17-8(16)13-4-7(15)14-3-2-6(5-14)9(10,11)12;1-4(2)3;1-2/h6H,2-5H2,1H3,(H,13,16);4H,1-3H3;1-2H3/t6-;;/m1../s1. The average Bonchev–Trinajstić information content (AvgIpc) is 2.96. The summed E-state index contributed by atoms with van der Waals surface area (Å²) in [5, 5.41) is 2.13. The maximum absolute atomic E-state index is 12.3. The maximum atomic E-state index is 12.3. The summed E-state index contributed by atoms with van der Waals surface area (Å²) in [5.74, 6) is -1.17. The number of ether oxygens (including phenoxy) is 1. The SMILES string of the molecule is CC.CC(C)C.COC(=O)NCC(=O)N1CC[C@@H](C(F)(F)F)C1. The van der Waals surface area contributed by atoms with Crippen LogP contribution in [0.5, 0.6) is 0 Å². The zero-order valence-electron chi connectivity index (χ0n) is 14.8. The largest absolute Gasteiger partial charge is 0.453 e. The van der Waals surface area contributed by atoms with Crippen molar-refractivity contribution < 1.29 is 27.5 Å². The summed E-state index contributed by atoms with van der Waals surface area (Å²) in [5.41, 5.74) is 0. The molecular weight excluding hydrogens is 313 g/mol. The molecule has 1 heterocycles. The number of likely N-dealkylation sites (tertiary alicyclic amines) is 1. The third kappa shape index (κ3) is 11.7. The Morgan fingerprint density at radius 3 is 2.09 bits per heavy atom. The van der Waals surface area contributed by atoms with Crippen LogP contribution in [0, 0.1) is 11.8 Å². The van der Waals surface area contributed by atoms with E-state index >= 15 is 0 Å². The van der Waals surface area contributed by atoms with Crippen LogP contribution in [-0.2, 0) is 9.53 Å². The molecule has 0 aromatic rings. The second-order valence-corrected chi connectivity index (χ2v) is 5.44. The molecule has 23 heavy (non-hydrogen) atoms. The predicted molar refractivity (Wildman–Crippen MR) is 83.0 cm³/mol. The molecule has 0 spiro atoms. The molecule has 8 heteroatoms. The molecule has 1 fully saturated rings. The summed E-state index contributed by atoms with van der Waals surface area (Å²) < 4.78 is 41.3. The van der Waals surface area contributed by atoms with Crippen LogP contribution < -0.4 is 5.32 Å². The molecule has 0 saturated carbocycles. The summed E-state index contributed by atoms with van der Waals surface area (Å²) in [6, 6.07) is 0. The normalized spacial score (nSPS) is 16.8. The van der Waals surface area contributed by atoms with E-state index in [1.165, 1.54) is 0 Å². The molecule has 0 radical (unpaired) electrons. The fraction of sp³-hybridized carbons (Fsp3) is 0.867. The number of carbonyl (C=O) groups excluding carboxylic acids is 2. The molecule has 1 rings (SSSR count). The number of alkyl halides is 3. The lowest BCUT2D eigenvalue weighted by Crippen LogP contribution is -2.39. The van der Waals surface area contributed by atoms with Gasteiger partial charge in [-0.2, -0.15) is 13.2 Å². The fourth-order valence-corrected chi connectivity index (χ4v) is 1.59. The number of amides is 2. The smallest absolute Gasteiger partial charge is 0.407 e. The number of rotatable bonds is 2. The number of alkyl carbamates (subject to hydrolysis) is 1. The molecule has 138 valence electrons. The van der Waals surface area contributed by atoms with E-state index in [2.05, 4.69) is 30.8 Å². The highest BCUT2D eigenvalue weighted by Crippen LogP contribution is 2.33. The Morgan fingerprint density at radius 2 is 1.74 bits per heavy atom. The number of hydrogen-bond donors (Lipinski definition) is 1. The third-order valence-corrected chi connectivity index (χ3v) is 2.57. The highest BCUT2D eigenvalue weighted by atomic mass is 19.4. The van der Waals surface area contributed by atoms with Gasteiger partial charge in [0, 0.05) is 13.1 Å². The van der Waals surface area contributed by atoms with Gasteiger partial charge in [0.15, 0.2) is 0 Å². The topological polar surface area (TPSA) is 58.6 Å². The van der Waals surface area contributed by atoms with E-state index in [-0.39, 0.29) is 26.1 Å². The van der Waals surface area contributed by atoms with Crippen molar-refractivity contribution in [1.82, 2.24) is 10.2 Å². The minimum Gasteiger partial charge on any atom is -0.453 e. The minimum absolute atomic E-state index is 0.0614. The van der Waals surface area contributed by atoms with Gasteiger partial charge in [0.1, 0.15) is 6.54 Å². The molecule has 0 aliphatic carbocycles. The van der Waals surface area contributed by atoms with Crippen molar-refractivity contribution in [3.05, 3.63) is 0 Å². The Hall–Kier alpha value is -1.47. The van der Waals surface area contributed by atoms with Gasteiger partial charge >= 0.3 is 12.3 Å². The third-order valence-electron chi connectivity index (χ3n) is 2.57. The van der Waals surface area contributed by atoms with Gasteiger partial charge in [-0.1, -0.05) is 34.6 Å². The van der Waals surface area contributed by atoms with Crippen LogP contribution in [0.25, 0.3) is 0 Å². The first-order valence-corrected chi connectivity index (χ1v) is 7.74. The molecule has 1 atom stereocenters. The molecule has 1 N–H and O–H groups in total. The first kappa shape index (κ1) is 23.8. The monoisotopic (exact) mass is 342 g/mol. The zero-order valence-corrected chi connectivity index (χ0v) is 14.8. The second kappa shape index (κ2) is 12.0. The van der Waals surface area contributed by atoms with Gasteiger partial charge in [-0.15, -0.1) is 0 Å². The number of carbonyl (C=O) groups is 2. The Balaban J connectivity index is 0. The van der Waals surface area contributed by atoms with Gasteiger partial charge < -0.3 is 15.0 Å². The summed E-state index contributed by atoms with van der Waals surface area (Å²) in [6.07, 6.45) is -5.15. The Kier molecular flexibility index (Phi) is 12.4. The van der Waals surface area contributed by atoms with E-state index in [1.807, 2.05) is 13.8 Å². The van der Waals surface area contributed by atoms with Gasteiger partial charge in [-0.3, -0.25) is 4.79 Å². The van der Waals surface area contributed by atoms with Gasteiger partial charge in [0.25, 0.3) is 0 Å². The first-order valence-electron chi connectivity index (χ1n) is 7.74. The van der Waals surface area contributed by atoms with Crippen molar-refractivity contribution in [3.63, 3.8) is 0 Å². The molecular formula is C15H29F3N2O3. The molecule has 0 bridgehead atoms. The van der Waals surface area contributed by atoms with Crippen molar-refractivity contribution in [2.45, 2.75) is 47.2 Å². The lowest BCUT2D eigenvalue weighted by molar-refractivity contribution is -0.171. The molecule has 5 nitrogen and oxygen atoms in total. The van der Waals surface area contributed by atoms with Crippen LogP contribution in [0.3, 0.4) is 0 Å². The van der Waals surface area contributed by atoms with Crippen molar-refractivity contribution in [2.75, 3.05) is 26.7 Å². The van der Waals surface area contributed by atoms with Crippen LogP contribution >= 0.6 is 0 Å². The van der Waals surface area contributed by atoms with Crippen molar-refractivity contribution in [2.24, 2.45) is 11.8 Å². The lowest BCUT2D eigenvalue weighted by Gasteiger charge is -2.17. The summed E-state index contributed by atoms with van der Waals surface area (Å²) in [6.45, 7) is 9.87. The lowest BCUT2D eigenvalue weighted by atomic mass is 10.1. The second-order valence-electron chi connectivity index (χ2n) is 5.44.